The molecule has 202 valence electrons. The summed E-state index contributed by atoms with van der Waals surface area (Å²) in [5, 5.41) is 10.8. The van der Waals surface area contributed by atoms with Crippen molar-refractivity contribution in [3.63, 3.8) is 0 Å². The summed E-state index contributed by atoms with van der Waals surface area (Å²) in [6, 6.07) is 1.28. The number of nitrogens with two attached hydrogens (primary N) is 1. The first-order valence-corrected chi connectivity index (χ1v) is 13.3. The van der Waals surface area contributed by atoms with Crippen LogP contribution in [0.25, 0.3) is 0 Å². The smallest absolute Gasteiger partial charge is 0.386 e. The third-order valence-electron chi connectivity index (χ3n) is 4.31. The Labute approximate surface area is 202 Å². The number of nitrogens with zero attached hydrogens (tertiary/aromatic N) is 4. The van der Waals surface area contributed by atoms with Crippen LogP contribution in [0.15, 0.2) is 17.1 Å². The molecule has 0 aliphatic carbocycles. The number of phosphoric ester groups is 2. The van der Waals surface area contributed by atoms with Gasteiger partial charge in [0, 0.05) is 6.20 Å². The van der Waals surface area contributed by atoms with Crippen LogP contribution in [0.5, 0.6) is 0 Å². The van der Waals surface area contributed by atoms with E-state index in [0.717, 1.165) is 4.57 Å². The van der Waals surface area contributed by atoms with Crippen molar-refractivity contribution in [2.45, 2.75) is 24.5 Å². The fourth-order valence-corrected chi connectivity index (χ4v) is 4.74. The molecule has 0 saturated carbocycles. The van der Waals surface area contributed by atoms with Crippen LogP contribution in [0.2, 0.25) is 0 Å². The number of aliphatic hydroxyl groups is 1. The highest BCUT2D eigenvalue weighted by Gasteiger charge is 2.50. The molecular weight excluding hydrogens is 512 g/mol. The van der Waals surface area contributed by atoms with E-state index in [9.17, 15) is 28.8 Å². The maximum atomic E-state index is 12.5. The van der Waals surface area contributed by atoms with Crippen LogP contribution in [-0.4, -0.2) is 114 Å². The molecule has 5 N–H and O–H groups in total. The Morgan fingerprint density at radius 1 is 1.06 bits per heavy atom. The van der Waals surface area contributed by atoms with E-state index in [1.807, 2.05) is 0 Å². The zero-order valence-electron chi connectivity index (χ0n) is 20.5. The highest BCUT2D eigenvalue weighted by Crippen LogP contribution is 2.50. The average molecular weight is 547 g/mol. The maximum absolute atomic E-state index is 12.5. The largest absolute Gasteiger partial charge is 0.477 e. The van der Waals surface area contributed by atoms with Crippen LogP contribution in [0, 0.1) is 0 Å². The number of nitrogen functional groups attached to an aromatic ring is 1. The lowest BCUT2D eigenvalue weighted by Gasteiger charge is -2.27. The number of hydrogen-bond acceptors (Lipinski definition) is 11. The second-order valence-corrected chi connectivity index (χ2v) is 12.9. The number of phosphoric acid groups is 2. The minimum Gasteiger partial charge on any atom is -0.386 e. The van der Waals surface area contributed by atoms with E-state index in [2.05, 4.69) is 4.98 Å². The molecule has 2 unspecified atom stereocenters. The van der Waals surface area contributed by atoms with Gasteiger partial charge in [-0.15, -0.1) is 0 Å². The number of aliphatic hydroxyl groups excluding tert-OH is 1. The molecule has 1 aromatic heterocycles. The summed E-state index contributed by atoms with van der Waals surface area (Å²) >= 11 is 0. The summed E-state index contributed by atoms with van der Waals surface area (Å²) in [4.78, 5) is 36.0. The predicted molar refractivity (Wildman–Crippen MR) is 121 cm³/mol. The number of rotatable bonds is 12. The van der Waals surface area contributed by atoms with Gasteiger partial charge in [0.15, 0.2) is 19.7 Å². The van der Waals surface area contributed by atoms with Crippen LogP contribution in [0.3, 0.4) is 0 Å². The third-order valence-corrected chi connectivity index (χ3v) is 6.18. The Hall–Kier alpha value is -1.26. The SMILES string of the molecule is C[N+](C)(C)COP(=O)(O)OC[C@H]1O[C@@H](n2ccc(N)nc2=O)[C@H](O)[C@@H]1OP(=O)(O)OC[N+](C)(C)C. The summed E-state index contributed by atoms with van der Waals surface area (Å²) in [7, 11) is 0.948. The molecule has 1 aliphatic heterocycles. The van der Waals surface area contributed by atoms with Gasteiger partial charge in [0.25, 0.3) is 0 Å². The van der Waals surface area contributed by atoms with Crippen LogP contribution < -0.4 is 11.4 Å². The Morgan fingerprint density at radius 3 is 2.11 bits per heavy atom. The second-order valence-electron chi connectivity index (χ2n) is 10.00. The van der Waals surface area contributed by atoms with Gasteiger partial charge in [-0.25, -0.2) is 23.0 Å². The van der Waals surface area contributed by atoms with Crippen LogP contribution in [0.4, 0.5) is 5.82 Å². The normalized spacial score (nSPS) is 26.9. The van der Waals surface area contributed by atoms with Gasteiger partial charge in [-0.05, 0) is 6.07 Å². The highest BCUT2D eigenvalue weighted by atomic mass is 31.2. The molecule has 1 aliphatic rings. The summed E-state index contributed by atoms with van der Waals surface area (Å²) in [5.41, 5.74) is 4.61. The van der Waals surface area contributed by atoms with Crippen molar-refractivity contribution in [3.8, 4) is 0 Å². The number of ether oxygens (including phenoxy) is 1. The topological polar surface area (TPSA) is 202 Å². The zero-order chi connectivity index (χ0) is 26.8. The summed E-state index contributed by atoms with van der Waals surface area (Å²) < 4.78 is 51.7. The molecule has 35 heavy (non-hydrogen) atoms. The third kappa shape index (κ3) is 9.61. The first kappa shape index (κ1) is 30.0. The predicted octanol–water partition coefficient (Wildman–Crippen LogP) is -0.953. The summed E-state index contributed by atoms with van der Waals surface area (Å²) in [5.74, 6) is -0.0735. The minimum absolute atomic E-state index is 0.0735. The molecule has 0 bridgehead atoms. The molecule has 0 spiro atoms. The van der Waals surface area contributed by atoms with Crippen LogP contribution in [-0.2, 0) is 32.0 Å². The van der Waals surface area contributed by atoms with E-state index in [-0.39, 0.29) is 28.2 Å². The second kappa shape index (κ2) is 11.0. The number of aromatic nitrogens is 2. The molecule has 0 aromatic carbocycles. The molecule has 16 nitrogen and oxygen atoms in total. The average Bonchev–Trinajstić information content (AvgIpc) is 2.98. The van der Waals surface area contributed by atoms with Gasteiger partial charge in [-0.2, -0.15) is 4.98 Å². The zero-order valence-corrected chi connectivity index (χ0v) is 22.2. The fraction of sp³-hybridized carbons (Fsp3) is 0.765. The maximum Gasteiger partial charge on any atom is 0.477 e. The molecule has 0 radical (unpaired) electrons. The first-order valence-electron chi connectivity index (χ1n) is 10.4. The Kier molecular flexibility index (Phi) is 9.42. The van der Waals surface area contributed by atoms with Crippen LogP contribution in [0.1, 0.15) is 6.23 Å². The molecule has 2 heterocycles. The van der Waals surface area contributed by atoms with E-state index < -0.39 is 52.5 Å². The lowest BCUT2D eigenvalue weighted by molar-refractivity contribution is -0.887. The lowest BCUT2D eigenvalue weighted by atomic mass is 10.1. The van der Waals surface area contributed by atoms with Gasteiger partial charge >= 0.3 is 21.3 Å². The molecule has 1 saturated heterocycles. The molecule has 1 fully saturated rings. The van der Waals surface area contributed by atoms with Gasteiger partial charge in [0.1, 0.15) is 24.1 Å². The Bertz CT molecular complexity index is 1020. The lowest BCUT2D eigenvalue weighted by Crippen LogP contribution is -2.39. The number of hydrogen-bond donors (Lipinski definition) is 4. The van der Waals surface area contributed by atoms with Crippen LogP contribution >= 0.6 is 15.6 Å². The summed E-state index contributed by atoms with van der Waals surface area (Å²) in [6.45, 7) is -1.08. The van der Waals surface area contributed by atoms with Gasteiger partial charge < -0.3 is 34.3 Å². The quantitative estimate of drug-likeness (QED) is 0.142. The van der Waals surface area contributed by atoms with Crippen molar-refractivity contribution in [3.05, 3.63) is 22.7 Å². The highest BCUT2D eigenvalue weighted by molar-refractivity contribution is 7.47. The van der Waals surface area contributed by atoms with Gasteiger partial charge in [-0.1, -0.05) is 0 Å². The molecular formula is C17H35N5O11P2+2. The first-order chi connectivity index (χ1) is 15.8. The Morgan fingerprint density at radius 2 is 1.60 bits per heavy atom. The van der Waals surface area contributed by atoms with Gasteiger partial charge in [-0.3, -0.25) is 13.6 Å². The van der Waals surface area contributed by atoms with Crippen molar-refractivity contribution in [1.29, 1.82) is 0 Å². The van der Waals surface area contributed by atoms with E-state index in [1.165, 1.54) is 12.3 Å². The molecule has 1 aromatic rings. The number of anilines is 1. The Balaban J connectivity index is 2.25. The van der Waals surface area contributed by atoms with Crippen molar-refractivity contribution in [1.82, 2.24) is 9.55 Å². The molecule has 18 heteroatoms. The standard InChI is InChI=1S/C17H33N5O11P2/c1-21(2,3)10-30-34(25,26)29-9-12-15(33-35(27,28)31-11-22(4,5)6)14(23)16(32-12)20-8-7-13(18)19-17(20)24/h7-8,12,14-16,23H,9-11H2,1-6H3,(H2-2,18,19,24,25,26,27,28)/p+2/t12-,14-,15-,16-/m1/s1. The molecule has 0 amide bonds. The number of quaternary nitrogens is 2. The van der Waals surface area contributed by atoms with E-state index >= 15 is 0 Å². The van der Waals surface area contributed by atoms with Crippen molar-refractivity contribution in [2.24, 2.45) is 0 Å². The fourth-order valence-electron chi connectivity index (χ4n) is 2.71. The van der Waals surface area contributed by atoms with E-state index in [1.54, 1.807) is 42.3 Å². The minimum atomic E-state index is -4.75. The van der Waals surface area contributed by atoms with Gasteiger partial charge in [0.05, 0.1) is 48.9 Å². The summed E-state index contributed by atoms with van der Waals surface area (Å²) in [6.07, 6.45) is -4.94. The molecule has 6 atom stereocenters. The van der Waals surface area contributed by atoms with Gasteiger partial charge in [0.2, 0.25) is 0 Å². The van der Waals surface area contributed by atoms with E-state index in [4.69, 9.17) is 28.6 Å². The van der Waals surface area contributed by atoms with E-state index in [0.29, 0.717) is 0 Å². The van der Waals surface area contributed by atoms with Crippen molar-refractivity contribution in [2.75, 3.05) is 68.1 Å². The van der Waals surface area contributed by atoms with Crippen molar-refractivity contribution >= 4 is 21.5 Å². The van der Waals surface area contributed by atoms with Crippen molar-refractivity contribution < 1.29 is 55.8 Å². The monoisotopic (exact) mass is 547 g/mol. The molecule has 2 rings (SSSR count).